The van der Waals surface area contributed by atoms with Crippen molar-refractivity contribution >= 4 is 11.7 Å². The molecule has 1 aromatic rings. The molecule has 124 valence electrons. The molecule has 0 bridgehead atoms. The number of carbonyl (C=O) groups excluding carboxylic acids is 1. The minimum Gasteiger partial charge on any atom is -0.381 e. The van der Waals surface area contributed by atoms with Crippen LogP contribution in [-0.4, -0.2) is 25.8 Å². The second-order valence-electron chi connectivity index (χ2n) is 5.74. The van der Waals surface area contributed by atoms with Gasteiger partial charge in [0.2, 0.25) is 0 Å². The number of benzene rings is 1. The Kier molecular flexibility index (Phi) is 8.60. The molecule has 0 aromatic heterocycles. The first-order valence-corrected chi connectivity index (χ1v) is 8.34. The molecule has 1 rings (SSSR count). The maximum absolute atomic E-state index is 12.1. The van der Waals surface area contributed by atoms with Crippen molar-refractivity contribution in [3.8, 4) is 0 Å². The van der Waals surface area contributed by atoms with E-state index in [0.29, 0.717) is 19.1 Å². The smallest absolute Gasteiger partial charge is 0.319 e. The second-order valence-corrected chi connectivity index (χ2v) is 5.74. The van der Waals surface area contributed by atoms with Crippen molar-refractivity contribution in [3.63, 3.8) is 0 Å². The van der Waals surface area contributed by atoms with Crippen LogP contribution in [0, 0.1) is 0 Å². The van der Waals surface area contributed by atoms with Crippen molar-refractivity contribution in [1.29, 1.82) is 0 Å². The van der Waals surface area contributed by atoms with E-state index >= 15 is 0 Å². The van der Waals surface area contributed by atoms with Gasteiger partial charge >= 0.3 is 6.03 Å². The highest BCUT2D eigenvalue weighted by atomic mass is 16.5. The number of hydrogen-bond acceptors (Lipinski definition) is 2. The predicted molar refractivity (Wildman–Crippen MR) is 92.7 cm³/mol. The van der Waals surface area contributed by atoms with Crippen LogP contribution in [0.5, 0.6) is 0 Å². The van der Waals surface area contributed by atoms with E-state index in [2.05, 4.69) is 56.5 Å². The third-order valence-electron chi connectivity index (χ3n) is 3.52. The summed E-state index contributed by atoms with van der Waals surface area (Å²) in [7, 11) is 0. The van der Waals surface area contributed by atoms with Gasteiger partial charge in [0, 0.05) is 25.4 Å². The van der Waals surface area contributed by atoms with Gasteiger partial charge in [-0.2, -0.15) is 0 Å². The lowest BCUT2D eigenvalue weighted by Crippen LogP contribution is -2.31. The Bertz CT molecular complexity index is 458. The van der Waals surface area contributed by atoms with Crippen molar-refractivity contribution in [2.45, 2.75) is 52.9 Å². The Balaban J connectivity index is 2.53. The fraction of sp³-hybridized carbons (Fsp3) is 0.611. The summed E-state index contributed by atoms with van der Waals surface area (Å²) in [6.07, 6.45) is 2.76. The molecule has 4 heteroatoms. The summed E-state index contributed by atoms with van der Waals surface area (Å²) in [5, 5.41) is 5.92. The summed E-state index contributed by atoms with van der Waals surface area (Å²) < 4.78 is 5.40. The standard InChI is InChI=1S/C18H30N2O2/c1-5-12-22-13-8-11-19-18(21)20-17-15(6-2)9-7-10-16(17)14(3)4/h7,9-10,14H,5-6,8,11-13H2,1-4H3,(H2,19,20,21). The highest BCUT2D eigenvalue weighted by molar-refractivity contribution is 5.91. The van der Waals surface area contributed by atoms with Gasteiger partial charge in [-0.1, -0.05) is 45.9 Å². The van der Waals surface area contributed by atoms with Crippen LogP contribution in [-0.2, 0) is 11.2 Å². The fourth-order valence-electron chi connectivity index (χ4n) is 2.33. The maximum atomic E-state index is 12.1. The molecule has 22 heavy (non-hydrogen) atoms. The number of amides is 2. The Labute approximate surface area is 134 Å². The molecule has 0 heterocycles. The maximum Gasteiger partial charge on any atom is 0.319 e. The monoisotopic (exact) mass is 306 g/mol. The van der Waals surface area contributed by atoms with Crippen molar-refractivity contribution in [2.24, 2.45) is 0 Å². The lowest BCUT2D eigenvalue weighted by molar-refractivity contribution is 0.132. The van der Waals surface area contributed by atoms with E-state index in [-0.39, 0.29) is 6.03 Å². The van der Waals surface area contributed by atoms with Gasteiger partial charge in [-0.15, -0.1) is 0 Å². The highest BCUT2D eigenvalue weighted by Crippen LogP contribution is 2.28. The molecule has 0 aliphatic heterocycles. The SMILES string of the molecule is CCCOCCCNC(=O)Nc1c(CC)cccc1C(C)C. The van der Waals surface area contributed by atoms with Crippen molar-refractivity contribution in [3.05, 3.63) is 29.3 Å². The van der Waals surface area contributed by atoms with Crippen molar-refractivity contribution in [1.82, 2.24) is 5.32 Å². The summed E-state index contributed by atoms with van der Waals surface area (Å²) in [5.74, 6) is 0.379. The van der Waals surface area contributed by atoms with E-state index < -0.39 is 0 Å². The first-order chi connectivity index (χ1) is 10.6. The zero-order valence-corrected chi connectivity index (χ0v) is 14.4. The molecule has 2 amide bonds. The molecule has 2 N–H and O–H groups in total. The molecule has 0 aliphatic rings. The van der Waals surface area contributed by atoms with Crippen molar-refractivity contribution < 1.29 is 9.53 Å². The molecule has 0 spiro atoms. The van der Waals surface area contributed by atoms with E-state index in [1.807, 2.05) is 0 Å². The van der Waals surface area contributed by atoms with Crippen LogP contribution in [0.4, 0.5) is 10.5 Å². The molecule has 4 nitrogen and oxygen atoms in total. The predicted octanol–water partition coefficient (Wildman–Crippen LogP) is 4.31. The molecule has 1 aromatic carbocycles. The average molecular weight is 306 g/mol. The highest BCUT2D eigenvalue weighted by Gasteiger charge is 2.12. The van der Waals surface area contributed by atoms with Crippen LogP contribution in [0.1, 0.15) is 57.6 Å². The van der Waals surface area contributed by atoms with E-state index in [1.54, 1.807) is 0 Å². The van der Waals surface area contributed by atoms with E-state index in [9.17, 15) is 4.79 Å². The number of rotatable bonds is 9. The van der Waals surface area contributed by atoms with Crippen LogP contribution in [0.3, 0.4) is 0 Å². The molecule has 0 fully saturated rings. The summed E-state index contributed by atoms with van der Waals surface area (Å²) >= 11 is 0. The molecular weight excluding hydrogens is 276 g/mol. The normalized spacial score (nSPS) is 10.8. The minimum atomic E-state index is -0.140. The summed E-state index contributed by atoms with van der Waals surface area (Å²) in [6.45, 7) is 10.6. The van der Waals surface area contributed by atoms with Gasteiger partial charge in [0.25, 0.3) is 0 Å². The number of para-hydroxylation sites is 1. The number of aryl methyl sites for hydroxylation is 1. The fourth-order valence-corrected chi connectivity index (χ4v) is 2.33. The number of anilines is 1. The van der Waals surface area contributed by atoms with Crippen LogP contribution in [0.15, 0.2) is 18.2 Å². The third kappa shape index (κ3) is 6.06. The van der Waals surface area contributed by atoms with Gasteiger partial charge in [-0.3, -0.25) is 0 Å². The number of ether oxygens (including phenoxy) is 1. The summed E-state index contributed by atoms with van der Waals surface area (Å²) in [5.41, 5.74) is 3.31. The second kappa shape index (κ2) is 10.2. The van der Waals surface area contributed by atoms with Gasteiger partial charge in [0.05, 0.1) is 0 Å². The van der Waals surface area contributed by atoms with Gasteiger partial charge in [-0.05, 0) is 36.3 Å². The lowest BCUT2D eigenvalue weighted by Gasteiger charge is -2.18. The minimum absolute atomic E-state index is 0.140. The van der Waals surface area contributed by atoms with Gasteiger partial charge < -0.3 is 15.4 Å². The van der Waals surface area contributed by atoms with Crippen LogP contribution < -0.4 is 10.6 Å². The van der Waals surface area contributed by atoms with Gasteiger partial charge in [0.15, 0.2) is 0 Å². The molecule has 0 atom stereocenters. The average Bonchev–Trinajstić information content (AvgIpc) is 2.50. The summed E-state index contributed by atoms with van der Waals surface area (Å²) in [6, 6.07) is 6.07. The topological polar surface area (TPSA) is 50.4 Å². The molecule has 0 aliphatic carbocycles. The van der Waals surface area contributed by atoms with Crippen LogP contribution in [0.2, 0.25) is 0 Å². The molecular formula is C18H30N2O2. The zero-order chi connectivity index (χ0) is 16.4. The van der Waals surface area contributed by atoms with E-state index in [1.165, 1.54) is 11.1 Å². The van der Waals surface area contributed by atoms with Crippen LogP contribution >= 0.6 is 0 Å². The Morgan fingerprint density at radius 3 is 2.64 bits per heavy atom. The zero-order valence-electron chi connectivity index (χ0n) is 14.4. The number of urea groups is 1. The molecule has 0 saturated carbocycles. The quantitative estimate of drug-likeness (QED) is 0.668. The summed E-state index contributed by atoms with van der Waals surface area (Å²) in [4.78, 5) is 12.1. The van der Waals surface area contributed by atoms with Gasteiger partial charge in [-0.25, -0.2) is 4.79 Å². The molecule has 0 unspecified atom stereocenters. The largest absolute Gasteiger partial charge is 0.381 e. The van der Waals surface area contributed by atoms with E-state index in [4.69, 9.17) is 4.74 Å². The first kappa shape index (κ1) is 18.5. The Hall–Kier alpha value is -1.55. The number of hydrogen-bond donors (Lipinski definition) is 2. The van der Waals surface area contributed by atoms with E-state index in [0.717, 1.165) is 31.6 Å². The molecule has 0 saturated heterocycles. The third-order valence-corrected chi connectivity index (χ3v) is 3.52. The first-order valence-electron chi connectivity index (χ1n) is 8.34. The van der Waals surface area contributed by atoms with Gasteiger partial charge in [0.1, 0.15) is 0 Å². The number of nitrogens with one attached hydrogen (secondary N) is 2. The number of carbonyl (C=O) groups is 1. The lowest BCUT2D eigenvalue weighted by atomic mass is 9.96. The van der Waals surface area contributed by atoms with Crippen LogP contribution in [0.25, 0.3) is 0 Å². The Morgan fingerprint density at radius 1 is 1.23 bits per heavy atom. The van der Waals surface area contributed by atoms with Crippen molar-refractivity contribution in [2.75, 3.05) is 25.1 Å². The Morgan fingerprint density at radius 2 is 2.00 bits per heavy atom. The molecule has 0 radical (unpaired) electrons.